The van der Waals surface area contributed by atoms with Crippen molar-refractivity contribution >= 4 is 11.8 Å². The standard InChI is InChI=1S/C20H28N4O2/c1-3-23(4-2)20(26)16-22-11-13-24(14-12-22)19(25)10-9-17-5-7-18(15-21)8-6-17/h5-8H,3-4,9-14,16H2,1-2H3. The zero-order chi connectivity index (χ0) is 18.9. The largest absolute Gasteiger partial charge is 0.342 e. The minimum atomic E-state index is 0.157. The fourth-order valence-electron chi connectivity index (χ4n) is 3.18. The third-order valence-electron chi connectivity index (χ3n) is 4.91. The van der Waals surface area contributed by atoms with Gasteiger partial charge in [-0.2, -0.15) is 5.26 Å². The maximum absolute atomic E-state index is 12.4. The number of piperazine rings is 1. The van der Waals surface area contributed by atoms with Gasteiger partial charge in [0.1, 0.15) is 0 Å². The molecule has 6 nitrogen and oxygen atoms in total. The van der Waals surface area contributed by atoms with E-state index < -0.39 is 0 Å². The van der Waals surface area contributed by atoms with Gasteiger partial charge in [-0.25, -0.2) is 0 Å². The van der Waals surface area contributed by atoms with Gasteiger partial charge in [-0.05, 0) is 38.0 Å². The minimum absolute atomic E-state index is 0.157. The molecule has 6 heteroatoms. The van der Waals surface area contributed by atoms with Crippen LogP contribution in [0.25, 0.3) is 0 Å². The Balaban J connectivity index is 1.73. The summed E-state index contributed by atoms with van der Waals surface area (Å²) in [5, 5.41) is 8.81. The van der Waals surface area contributed by atoms with Crippen molar-refractivity contribution in [3.05, 3.63) is 35.4 Å². The van der Waals surface area contributed by atoms with Gasteiger partial charge in [-0.15, -0.1) is 0 Å². The van der Waals surface area contributed by atoms with Crippen molar-refractivity contribution in [2.24, 2.45) is 0 Å². The molecule has 2 amide bonds. The molecule has 26 heavy (non-hydrogen) atoms. The Morgan fingerprint density at radius 2 is 1.69 bits per heavy atom. The van der Waals surface area contributed by atoms with Gasteiger partial charge in [-0.3, -0.25) is 14.5 Å². The number of carbonyl (C=O) groups is 2. The van der Waals surface area contributed by atoms with Crippen LogP contribution in [-0.4, -0.2) is 72.3 Å². The van der Waals surface area contributed by atoms with Crippen LogP contribution in [0, 0.1) is 11.3 Å². The lowest BCUT2D eigenvalue weighted by Gasteiger charge is -2.35. The van der Waals surface area contributed by atoms with Crippen molar-refractivity contribution in [3.63, 3.8) is 0 Å². The number of rotatable bonds is 7. The predicted octanol–water partition coefficient (Wildman–Crippen LogP) is 1.50. The number of nitrogens with zero attached hydrogens (tertiary/aromatic N) is 4. The Morgan fingerprint density at radius 1 is 1.08 bits per heavy atom. The second-order valence-electron chi connectivity index (χ2n) is 6.53. The van der Waals surface area contributed by atoms with Crippen LogP contribution in [0.2, 0.25) is 0 Å². The van der Waals surface area contributed by atoms with Crippen LogP contribution in [0.5, 0.6) is 0 Å². The van der Waals surface area contributed by atoms with Crippen molar-refractivity contribution in [3.8, 4) is 6.07 Å². The maximum atomic E-state index is 12.4. The molecule has 140 valence electrons. The van der Waals surface area contributed by atoms with E-state index in [4.69, 9.17) is 5.26 Å². The lowest BCUT2D eigenvalue weighted by molar-refractivity contribution is -0.135. The Kier molecular flexibility index (Phi) is 7.61. The topological polar surface area (TPSA) is 67.7 Å². The van der Waals surface area contributed by atoms with E-state index in [1.54, 1.807) is 12.1 Å². The van der Waals surface area contributed by atoms with E-state index in [1.165, 1.54) is 0 Å². The van der Waals surface area contributed by atoms with Crippen LogP contribution < -0.4 is 0 Å². The van der Waals surface area contributed by atoms with Crippen molar-refractivity contribution < 1.29 is 9.59 Å². The van der Waals surface area contributed by atoms with E-state index in [0.717, 1.165) is 31.7 Å². The summed E-state index contributed by atoms with van der Waals surface area (Å²) in [7, 11) is 0. The Bertz CT molecular complexity index is 639. The average Bonchev–Trinajstić information content (AvgIpc) is 2.68. The number of likely N-dealkylation sites (N-methyl/N-ethyl adjacent to an activating group) is 1. The highest BCUT2D eigenvalue weighted by molar-refractivity contribution is 5.78. The molecule has 0 bridgehead atoms. The van der Waals surface area contributed by atoms with Crippen molar-refractivity contribution in [1.29, 1.82) is 5.26 Å². The van der Waals surface area contributed by atoms with Gasteiger partial charge >= 0.3 is 0 Å². The first-order chi connectivity index (χ1) is 12.6. The summed E-state index contributed by atoms with van der Waals surface area (Å²) < 4.78 is 0. The quantitative estimate of drug-likeness (QED) is 0.743. The Hall–Kier alpha value is -2.39. The number of aryl methyl sites for hydroxylation is 1. The van der Waals surface area contributed by atoms with E-state index in [9.17, 15) is 9.59 Å². The zero-order valence-electron chi connectivity index (χ0n) is 15.8. The van der Waals surface area contributed by atoms with Crippen LogP contribution in [0.3, 0.4) is 0 Å². The molecule has 1 fully saturated rings. The first-order valence-corrected chi connectivity index (χ1v) is 9.34. The molecule has 2 rings (SSSR count). The minimum Gasteiger partial charge on any atom is -0.342 e. The molecule has 1 aliphatic heterocycles. The molecule has 1 saturated heterocycles. The van der Waals surface area contributed by atoms with Gasteiger partial charge in [0.15, 0.2) is 0 Å². The molecule has 1 aliphatic rings. The van der Waals surface area contributed by atoms with E-state index in [2.05, 4.69) is 11.0 Å². The van der Waals surface area contributed by atoms with Crippen molar-refractivity contribution in [2.45, 2.75) is 26.7 Å². The van der Waals surface area contributed by atoms with Crippen molar-refractivity contribution in [1.82, 2.24) is 14.7 Å². The second kappa shape index (κ2) is 9.93. The molecular weight excluding hydrogens is 328 g/mol. The van der Waals surface area contributed by atoms with Gasteiger partial charge in [0, 0.05) is 45.7 Å². The van der Waals surface area contributed by atoms with Crippen LogP contribution in [0.1, 0.15) is 31.4 Å². The number of carbonyl (C=O) groups excluding carboxylic acids is 2. The van der Waals surface area contributed by atoms with Crippen LogP contribution in [-0.2, 0) is 16.0 Å². The first kappa shape index (κ1) is 19.9. The molecule has 1 aromatic rings. The Morgan fingerprint density at radius 3 is 2.23 bits per heavy atom. The van der Waals surface area contributed by atoms with E-state index in [-0.39, 0.29) is 11.8 Å². The number of nitriles is 1. The van der Waals surface area contributed by atoms with Gasteiger partial charge < -0.3 is 9.80 Å². The summed E-state index contributed by atoms with van der Waals surface area (Å²) in [4.78, 5) is 30.4. The maximum Gasteiger partial charge on any atom is 0.236 e. The monoisotopic (exact) mass is 356 g/mol. The van der Waals surface area contributed by atoms with E-state index >= 15 is 0 Å². The summed E-state index contributed by atoms with van der Waals surface area (Å²) in [6.07, 6.45) is 1.16. The summed E-state index contributed by atoms with van der Waals surface area (Å²) in [6.45, 7) is 8.75. The second-order valence-corrected chi connectivity index (χ2v) is 6.53. The molecule has 1 aromatic carbocycles. The van der Waals surface area contributed by atoms with E-state index in [1.807, 2.05) is 35.8 Å². The Labute approximate surface area is 156 Å². The summed E-state index contributed by atoms with van der Waals surface area (Å²) in [5.41, 5.74) is 1.70. The lowest BCUT2D eigenvalue weighted by atomic mass is 10.1. The normalized spacial score (nSPS) is 14.7. The van der Waals surface area contributed by atoms with Gasteiger partial charge in [-0.1, -0.05) is 12.1 Å². The number of benzene rings is 1. The zero-order valence-corrected chi connectivity index (χ0v) is 15.8. The van der Waals surface area contributed by atoms with E-state index in [0.29, 0.717) is 38.0 Å². The average molecular weight is 356 g/mol. The number of amides is 2. The summed E-state index contributed by atoms with van der Waals surface area (Å²) in [5.74, 6) is 0.319. The molecule has 0 unspecified atom stereocenters. The molecule has 0 aliphatic carbocycles. The van der Waals surface area contributed by atoms with Crippen LogP contribution >= 0.6 is 0 Å². The smallest absolute Gasteiger partial charge is 0.236 e. The fourth-order valence-corrected chi connectivity index (χ4v) is 3.18. The molecule has 0 radical (unpaired) electrons. The third kappa shape index (κ3) is 5.57. The highest BCUT2D eigenvalue weighted by Crippen LogP contribution is 2.09. The predicted molar refractivity (Wildman–Crippen MR) is 100 cm³/mol. The molecule has 0 spiro atoms. The molecular formula is C20H28N4O2. The molecule has 0 N–H and O–H groups in total. The molecule has 0 atom stereocenters. The van der Waals surface area contributed by atoms with Crippen LogP contribution in [0.15, 0.2) is 24.3 Å². The lowest BCUT2D eigenvalue weighted by Crippen LogP contribution is -2.51. The SMILES string of the molecule is CCN(CC)C(=O)CN1CCN(C(=O)CCc2ccc(C#N)cc2)CC1. The van der Waals surface area contributed by atoms with Gasteiger partial charge in [0.05, 0.1) is 18.2 Å². The van der Waals surface area contributed by atoms with Crippen LogP contribution in [0.4, 0.5) is 0 Å². The third-order valence-corrected chi connectivity index (χ3v) is 4.91. The molecule has 0 aromatic heterocycles. The number of hydrogen-bond donors (Lipinski definition) is 0. The van der Waals surface area contributed by atoms with Gasteiger partial charge in [0.25, 0.3) is 0 Å². The molecule has 0 saturated carbocycles. The highest BCUT2D eigenvalue weighted by atomic mass is 16.2. The molecule has 1 heterocycles. The fraction of sp³-hybridized carbons (Fsp3) is 0.550. The van der Waals surface area contributed by atoms with Gasteiger partial charge in [0.2, 0.25) is 11.8 Å². The summed E-state index contributed by atoms with van der Waals surface area (Å²) >= 11 is 0. The highest BCUT2D eigenvalue weighted by Gasteiger charge is 2.23. The number of hydrogen-bond acceptors (Lipinski definition) is 4. The summed E-state index contributed by atoms with van der Waals surface area (Å²) in [6, 6.07) is 9.47. The van der Waals surface area contributed by atoms with Crippen molar-refractivity contribution in [2.75, 3.05) is 45.8 Å². The first-order valence-electron chi connectivity index (χ1n) is 9.34.